The van der Waals surface area contributed by atoms with Gasteiger partial charge >= 0.3 is 5.97 Å². The molecular weight excluding hydrogens is 232 g/mol. The Balaban J connectivity index is 2.09. The molecule has 2 unspecified atom stereocenters. The van der Waals surface area contributed by atoms with E-state index < -0.39 is 11.9 Å². The van der Waals surface area contributed by atoms with Gasteiger partial charge in [0.2, 0.25) is 0 Å². The summed E-state index contributed by atoms with van der Waals surface area (Å²) in [7, 11) is 0. The van der Waals surface area contributed by atoms with Crippen LogP contribution < -0.4 is 0 Å². The van der Waals surface area contributed by atoms with Crippen LogP contribution in [0.15, 0.2) is 12.4 Å². The highest BCUT2D eigenvalue weighted by molar-refractivity contribution is 5.77. The van der Waals surface area contributed by atoms with Crippen LogP contribution in [0.25, 0.3) is 5.65 Å². The minimum absolute atomic E-state index is 0.102. The fraction of sp³-hybridized carbons (Fsp3) is 0.500. The van der Waals surface area contributed by atoms with Gasteiger partial charge < -0.3 is 5.11 Å². The molecule has 6 heteroatoms. The van der Waals surface area contributed by atoms with Crippen LogP contribution in [0.2, 0.25) is 0 Å². The van der Waals surface area contributed by atoms with Gasteiger partial charge in [-0.3, -0.25) is 9.20 Å². The summed E-state index contributed by atoms with van der Waals surface area (Å²) in [5.41, 5.74) is 1.30. The van der Waals surface area contributed by atoms with Gasteiger partial charge in [0.25, 0.3) is 0 Å². The van der Waals surface area contributed by atoms with Crippen molar-refractivity contribution in [2.75, 3.05) is 0 Å². The van der Waals surface area contributed by atoms with Crippen molar-refractivity contribution in [3.63, 3.8) is 0 Å². The first-order valence-electron chi connectivity index (χ1n) is 5.83. The standard InChI is InChI=1S/C12H14N4O2/c1-6-4-7-14-15-10(16(7)5-13-6)8-9(11(17)18)12(8,2)3/h4-5,8-9H,1-3H3,(H,17,18). The second-order valence-electron chi connectivity index (χ2n) is 5.43. The third-order valence-electron chi connectivity index (χ3n) is 3.83. The van der Waals surface area contributed by atoms with Crippen molar-refractivity contribution < 1.29 is 9.90 Å². The van der Waals surface area contributed by atoms with Crippen molar-refractivity contribution in [1.82, 2.24) is 19.6 Å². The summed E-state index contributed by atoms with van der Waals surface area (Å²) < 4.78 is 1.78. The minimum atomic E-state index is -0.776. The van der Waals surface area contributed by atoms with E-state index in [2.05, 4.69) is 15.2 Å². The molecule has 0 saturated heterocycles. The molecule has 0 aliphatic heterocycles. The van der Waals surface area contributed by atoms with Crippen LogP contribution in [0, 0.1) is 18.3 Å². The first kappa shape index (κ1) is 11.1. The summed E-state index contributed by atoms with van der Waals surface area (Å²) in [4.78, 5) is 15.4. The number of carboxylic acid groups (broad SMARTS) is 1. The van der Waals surface area contributed by atoms with E-state index >= 15 is 0 Å². The normalized spacial score (nSPS) is 25.3. The molecule has 0 spiro atoms. The lowest BCUT2D eigenvalue weighted by Crippen LogP contribution is -2.03. The number of fused-ring (bicyclic) bond motifs is 1. The Labute approximate surface area is 104 Å². The van der Waals surface area contributed by atoms with Crippen LogP contribution in [0.4, 0.5) is 0 Å². The average Bonchev–Trinajstić information content (AvgIpc) is 2.66. The number of aryl methyl sites for hydroxylation is 1. The number of hydrogen-bond donors (Lipinski definition) is 1. The zero-order valence-electron chi connectivity index (χ0n) is 10.5. The average molecular weight is 246 g/mol. The van der Waals surface area contributed by atoms with Gasteiger partial charge in [0.1, 0.15) is 12.2 Å². The maximum Gasteiger partial charge on any atom is 0.307 e. The van der Waals surface area contributed by atoms with Crippen molar-refractivity contribution in [3.05, 3.63) is 23.9 Å². The van der Waals surface area contributed by atoms with Gasteiger partial charge in [0, 0.05) is 17.7 Å². The van der Waals surface area contributed by atoms with E-state index in [0.717, 1.165) is 5.69 Å². The van der Waals surface area contributed by atoms with Crippen LogP contribution in [0.1, 0.15) is 31.3 Å². The summed E-state index contributed by atoms with van der Waals surface area (Å²) in [5.74, 6) is -0.586. The van der Waals surface area contributed by atoms with Crippen LogP contribution in [0.5, 0.6) is 0 Å². The summed E-state index contributed by atoms with van der Waals surface area (Å²) in [6, 6.07) is 1.83. The highest BCUT2D eigenvalue weighted by atomic mass is 16.4. The van der Waals surface area contributed by atoms with E-state index in [4.69, 9.17) is 0 Å². The van der Waals surface area contributed by atoms with Gasteiger partial charge in [-0.1, -0.05) is 13.8 Å². The number of hydrogen-bond acceptors (Lipinski definition) is 4. The third-order valence-corrected chi connectivity index (χ3v) is 3.83. The highest BCUT2D eigenvalue weighted by Gasteiger charge is 2.64. The molecule has 1 aliphatic rings. The Bertz CT molecular complexity index is 647. The number of nitrogens with zero attached hydrogens (tertiary/aromatic N) is 4. The van der Waals surface area contributed by atoms with Crippen LogP contribution in [0.3, 0.4) is 0 Å². The van der Waals surface area contributed by atoms with Crippen molar-refractivity contribution in [2.24, 2.45) is 11.3 Å². The molecule has 0 aromatic carbocycles. The van der Waals surface area contributed by atoms with Crippen molar-refractivity contribution in [2.45, 2.75) is 26.7 Å². The summed E-state index contributed by atoms with van der Waals surface area (Å²) >= 11 is 0. The Morgan fingerprint density at radius 3 is 2.78 bits per heavy atom. The molecule has 2 heterocycles. The SMILES string of the molecule is Cc1cc2nnc(C3C(C(=O)O)C3(C)C)n2cn1. The molecule has 6 nitrogen and oxygen atoms in total. The van der Waals surface area contributed by atoms with Gasteiger partial charge in [0.15, 0.2) is 5.65 Å². The van der Waals surface area contributed by atoms with Gasteiger partial charge in [0.05, 0.1) is 5.92 Å². The fourth-order valence-corrected chi connectivity index (χ4v) is 2.70. The van der Waals surface area contributed by atoms with E-state index in [1.165, 1.54) is 0 Å². The van der Waals surface area contributed by atoms with Gasteiger partial charge in [-0.05, 0) is 12.3 Å². The largest absolute Gasteiger partial charge is 0.481 e. The zero-order valence-corrected chi connectivity index (χ0v) is 10.5. The molecule has 1 fully saturated rings. The Hall–Kier alpha value is -1.98. The van der Waals surface area contributed by atoms with E-state index in [1.54, 1.807) is 10.7 Å². The molecule has 0 amide bonds. The fourth-order valence-electron chi connectivity index (χ4n) is 2.70. The number of carbonyl (C=O) groups is 1. The Kier molecular flexibility index (Phi) is 2.03. The lowest BCUT2D eigenvalue weighted by atomic mass is 10.1. The van der Waals surface area contributed by atoms with E-state index in [0.29, 0.717) is 11.5 Å². The molecule has 2 aromatic rings. The van der Waals surface area contributed by atoms with E-state index in [1.807, 2.05) is 26.8 Å². The van der Waals surface area contributed by atoms with Gasteiger partial charge in [-0.15, -0.1) is 10.2 Å². The molecule has 2 aromatic heterocycles. The monoisotopic (exact) mass is 246 g/mol. The topological polar surface area (TPSA) is 80.4 Å². The predicted octanol–water partition coefficient (Wildman–Crippen LogP) is 1.26. The maximum absolute atomic E-state index is 11.2. The van der Waals surface area contributed by atoms with Gasteiger partial charge in [-0.25, -0.2) is 4.98 Å². The number of carboxylic acids is 1. The van der Waals surface area contributed by atoms with Crippen LogP contribution in [-0.4, -0.2) is 30.7 Å². The lowest BCUT2D eigenvalue weighted by molar-refractivity contribution is -0.139. The number of rotatable bonds is 2. The van der Waals surface area contributed by atoms with E-state index in [-0.39, 0.29) is 11.3 Å². The van der Waals surface area contributed by atoms with E-state index in [9.17, 15) is 9.90 Å². The number of aromatic nitrogens is 4. The molecule has 1 N–H and O–H groups in total. The molecule has 3 rings (SSSR count). The summed E-state index contributed by atoms with van der Waals surface area (Å²) in [6.07, 6.45) is 1.66. The van der Waals surface area contributed by atoms with Crippen LogP contribution >= 0.6 is 0 Å². The smallest absolute Gasteiger partial charge is 0.307 e. The Morgan fingerprint density at radius 1 is 1.44 bits per heavy atom. The molecule has 1 saturated carbocycles. The quantitative estimate of drug-likeness (QED) is 0.862. The van der Waals surface area contributed by atoms with Crippen molar-refractivity contribution in [3.8, 4) is 0 Å². The van der Waals surface area contributed by atoms with Crippen molar-refractivity contribution >= 4 is 11.6 Å². The van der Waals surface area contributed by atoms with Crippen molar-refractivity contribution in [1.29, 1.82) is 0 Å². The number of aliphatic carboxylic acids is 1. The zero-order chi connectivity index (χ0) is 13.1. The molecule has 94 valence electrons. The predicted molar refractivity (Wildman–Crippen MR) is 63.2 cm³/mol. The molecule has 18 heavy (non-hydrogen) atoms. The maximum atomic E-state index is 11.2. The second kappa shape index (κ2) is 3.28. The molecule has 1 aliphatic carbocycles. The first-order chi connectivity index (χ1) is 8.43. The lowest BCUT2D eigenvalue weighted by Gasteiger charge is -2.00. The molecule has 0 radical (unpaired) electrons. The molecule has 0 bridgehead atoms. The summed E-state index contributed by atoms with van der Waals surface area (Å²) in [6.45, 7) is 5.77. The third kappa shape index (κ3) is 1.35. The molecular formula is C12H14N4O2. The minimum Gasteiger partial charge on any atom is -0.481 e. The van der Waals surface area contributed by atoms with Crippen LogP contribution in [-0.2, 0) is 4.79 Å². The summed E-state index contributed by atoms with van der Waals surface area (Å²) in [5, 5.41) is 17.4. The van der Waals surface area contributed by atoms with Gasteiger partial charge in [-0.2, -0.15) is 0 Å². The second-order valence-corrected chi connectivity index (χ2v) is 5.43. The first-order valence-corrected chi connectivity index (χ1v) is 5.83. The molecule has 2 atom stereocenters. The Morgan fingerprint density at radius 2 is 2.17 bits per heavy atom. The highest BCUT2D eigenvalue weighted by Crippen LogP contribution is 2.63.